The van der Waals surface area contributed by atoms with Crippen LogP contribution in [0.1, 0.15) is 12.5 Å². The van der Waals surface area contributed by atoms with Crippen LogP contribution in [0.3, 0.4) is 0 Å². The molecule has 0 atom stereocenters. The van der Waals surface area contributed by atoms with E-state index in [9.17, 15) is 26.7 Å². The number of hydrogen-bond donors (Lipinski definition) is 3. The summed E-state index contributed by atoms with van der Waals surface area (Å²) in [7, 11) is 0. The molecule has 2 amide bonds. The van der Waals surface area contributed by atoms with Gasteiger partial charge in [-0.1, -0.05) is 6.92 Å². The SMILES string of the molecule is CC1(CNC(=O)Nc2cc(F)c(Oc3ccnc4[nH]cc(C(F)(F)F)c34)cc2F)COC1. The standard InChI is InChI=1S/C20H17F5N4O3/c1-19(8-31-9-19)7-28-18(30)29-13-4-12(22)15(5-11(13)21)32-14-2-3-26-17-16(14)10(6-27-17)20(23,24)25/h2-6H,7-9H2,1H3,(H,26,27)(H2,28,29,30). The van der Waals surface area contributed by atoms with Gasteiger partial charge in [-0.2, -0.15) is 13.2 Å². The van der Waals surface area contributed by atoms with Gasteiger partial charge >= 0.3 is 12.2 Å². The van der Waals surface area contributed by atoms with Crippen molar-refractivity contribution in [1.82, 2.24) is 15.3 Å². The summed E-state index contributed by atoms with van der Waals surface area (Å²) in [6, 6.07) is 1.67. The first-order valence-corrected chi connectivity index (χ1v) is 9.38. The van der Waals surface area contributed by atoms with Gasteiger partial charge in [0, 0.05) is 36.5 Å². The Bertz CT molecular complexity index is 1170. The molecule has 0 radical (unpaired) electrons. The molecule has 12 heteroatoms. The Morgan fingerprint density at radius 2 is 2.00 bits per heavy atom. The van der Waals surface area contributed by atoms with Crippen molar-refractivity contribution in [3.8, 4) is 11.5 Å². The van der Waals surface area contributed by atoms with Crippen LogP contribution in [0, 0.1) is 17.0 Å². The number of nitrogens with one attached hydrogen (secondary N) is 3. The summed E-state index contributed by atoms with van der Waals surface area (Å²) in [5.74, 6) is -3.15. The van der Waals surface area contributed by atoms with Gasteiger partial charge < -0.3 is 25.1 Å². The molecule has 0 bridgehead atoms. The average Bonchev–Trinajstić information content (AvgIpc) is 3.14. The molecule has 3 heterocycles. The number of hydrogen-bond acceptors (Lipinski definition) is 4. The van der Waals surface area contributed by atoms with E-state index < -0.39 is 46.2 Å². The molecule has 1 aromatic carbocycles. The minimum Gasteiger partial charge on any atom is -0.453 e. The number of H-pyrrole nitrogens is 1. The molecule has 7 nitrogen and oxygen atoms in total. The second-order valence-electron chi connectivity index (χ2n) is 7.71. The monoisotopic (exact) mass is 456 g/mol. The summed E-state index contributed by atoms with van der Waals surface area (Å²) in [5, 5.41) is 4.32. The third-order valence-electron chi connectivity index (χ3n) is 4.91. The summed E-state index contributed by atoms with van der Waals surface area (Å²) in [4.78, 5) is 18.1. The molecular formula is C20H17F5N4O3. The molecule has 1 fully saturated rings. The molecule has 4 rings (SSSR count). The Labute approximate surface area is 177 Å². The Kier molecular flexibility index (Phi) is 5.41. The van der Waals surface area contributed by atoms with E-state index in [0.29, 0.717) is 31.5 Å². The number of aromatic nitrogens is 2. The first-order chi connectivity index (χ1) is 15.1. The topological polar surface area (TPSA) is 88.3 Å². The lowest BCUT2D eigenvalue weighted by atomic mass is 9.89. The highest BCUT2D eigenvalue weighted by atomic mass is 19.4. The van der Waals surface area contributed by atoms with Crippen molar-refractivity contribution in [2.45, 2.75) is 13.1 Å². The zero-order valence-electron chi connectivity index (χ0n) is 16.6. The van der Waals surface area contributed by atoms with Gasteiger partial charge in [0.2, 0.25) is 0 Å². The largest absolute Gasteiger partial charge is 0.453 e. The van der Waals surface area contributed by atoms with Gasteiger partial charge in [0.25, 0.3) is 0 Å². The number of ether oxygens (including phenoxy) is 2. The Balaban J connectivity index is 1.54. The van der Waals surface area contributed by atoms with Crippen molar-refractivity contribution in [2.24, 2.45) is 5.41 Å². The van der Waals surface area contributed by atoms with Gasteiger partial charge in [0.1, 0.15) is 11.4 Å². The van der Waals surface area contributed by atoms with E-state index in [1.165, 1.54) is 0 Å². The number of nitrogens with zero attached hydrogens (tertiary/aromatic N) is 1. The van der Waals surface area contributed by atoms with Crippen LogP contribution in [-0.2, 0) is 10.9 Å². The van der Waals surface area contributed by atoms with Gasteiger partial charge in [-0.25, -0.2) is 18.6 Å². The summed E-state index contributed by atoms with van der Waals surface area (Å²) < 4.78 is 79.1. The summed E-state index contributed by atoms with van der Waals surface area (Å²) in [6.45, 7) is 3.12. The maximum absolute atomic E-state index is 14.5. The molecule has 1 saturated heterocycles. The maximum Gasteiger partial charge on any atom is 0.418 e. The van der Waals surface area contributed by atoms with Crippen LogP contribution in [-0.4, -0.2) is 35.8 Å². The van der Waals surface area contributed by atoms with Gasteiger partial charge in [0.05, 0.1) is 29.9 Å². The normalized spacial score (nSPS) is 15.3. The number of halogens is 5. The van der Waals surface area contributed by atoms with Gasteiger partial charge in [-0.3, -0.25) is 0 Å². The second kappa shape index (κ2) is 7.93. The first kappa shape index (κ1) is 21.8. The Morgan fingerprint density at radius 3 is 2.66 bits per heavy atom. The molecule has 1 aliphatic heterocycles. The molecule has 1 aliphatic rings. The fourth-order valence-electron chi connectivity index (χ4n) is 3.17. The zero-order chi connectivity index (χ0) is 23.1. The van der Waals surface area contributed by atoms with E-state index >= 15 is 0 Å². The maximum atomic E-state index is 14.5. The molecular weight excluding hydrogens is 439 g/mol. The van der Waals surface area contributed by atoms with Crippen molar-refractivity contribution in [2.75, 3.05) is 25.1 Å². The molecule has 2 aromatic heterocycles. The van der Waals surface area contributed by atoms with Crippen LogP contribution < -0.4 is 15.4 Å². The summed E-state index contributed by atoms with van der Waals surface area (Å²) in [5.41, 5.74) is -1.87. The third-order valence-corrected chi connectivity index (χ3v) is 4.91. The number of carbonyl (C=O) groups is 1. The predicted molar refractivity (Wildman–Crippen MR) is 103 cm³/mol. The lowest BCUT2D eigenvalue weighted by molar-refractivity contribution is -0.136. The molecule has 0 unspecified atom stereocenters. The molecule has 0 aliphatic carbocycles. The third kappa shape index (κ3) is 4.31. The van der Waals surface area contributed by atoms with Crippen molar-refractivity contribution in [3.63, 3.8) is 0 Å². The first-order valence-electron chi connectivity index (χ1n) is 9.38. The molecule has 3 aromatic rings. The van der Waals surface area contributed by atoms with Crippen LogP contribution >= 0.6 is 0 Å². The highest BCUT2D eigenvalue weighted by Crippen LogP contribution is 2.40. The highest BCUT2D eigenvalue weighted by molar-refractivity contribution is 5.89. The lowest BCUT2D eigenvalue weighted by Crippen LogP contribution is -2.49. The van der Waals surface area contributed by atoms with Crippen LogP contribution in [0.5, 0.6) is 11.5 Å². The molecule has 0 saturated carbocycles. The average molecular weight is 456 g/mol. The van der Waals surface area contributed by atoms with E-state index in [4.69, 9.17) is 9.47 Å². The second-order valence-corrected chi connectivity index (χ2v) is 7.71. The molecule has 32 heavy (non-hydrogen) atoms. The number of aromatic amines is 1. The minimum absolute atomic E-state index is 0.128. The highest BCUT2D eigenvalue weighted by Gasteiger charge is 2.36. The van der Waals surface area contributed by atoms with Crippen LogP contribution in [0.25, 0.3) is 11.0 Å². The Morgan fingerprint density at radius 1 is 1.25 bits per heavy atom. The quantitative estimate of drug-likeness (QED) is 0.481. The number of amides is 2. The molecule has 3 N–H and O–H groups in total. The number of urea groups is 1. The predicted octanol–water partition coefficient (Wildman–Crippen LogP) is 4.81. The van der Waals surface area contributed by atoms with Crippen molar-refractivity contribution in [3.05, 3.63) is 47.8 Å². The van der Waals surface area contributed by atoms with E-state index in [0.717, 1.165) is 12.3 Å². The van der Waals surface area contributed by atoms with Crippen molar-refractivity contribution < 1.29 is 36.2 Å². The number of fused-ring (bicyclic) bond motifs is 1. The zero-order valence-corrected chi connectivity index (χ0v) is 16.6. The van der Waals surface area contributed by atoms with Crippen LogP contribution in [0.15, 0.2) is 30.6 Å². The van der Waals surface area contributed by atoms with Crippen LogP contribution in [0.4, 0.5) is 32.4 Å². The summed E-state index contributed by atoms with van der Waals surface area (Å²) in [6.07, 6.45) is -2.84. The number of pyridine rings is 1. The number of carbonyl (C=O) groups excluding carboxylic acids is 1. The fraction of sp³-hybridized carbons (Fsp3) is 0.300. The number of alkyl halides is 3. The van der Waals surface area contributed by atoms with Gasteiger partial charge in [0.15, 0.2) is 17.4 Å². The Hall–Kier alpha value is -3.41. The van der Waals surface area contributed by atoms with E-state index in [1.54, 1.807) is 0 Å². The minimum atomic E-state index is -4.72. The van der Waals surface area contributed by atoms with Gasteiger partial charge in [-0.15, -0.1) is 0 Å². The number of benzene rings is 1. The van der Waals surface area contributed by atoms with Crippen molar-refractivity contribution in [1.29, 1.82) is 0 Å². The van der Waals surface area contributed by atoms with E-state index in [1.807, 2.05) is 6.92 Å². The summed E-state index contributed by atoms with van der Waals surface area (Å²) >= 11 is 0. The number of rotatable bonds is 5. The van der Waals surface area contributed by atoms with Crippen molar-refractivity contribution >= 4 is 22.8 Å². The smallest absolute Gasteiger partial charge is 0.418 e. The molecule has 170 valence electrons. The lowest BCUT2D eigenvalue weighted by Gasteiger charge is -2.37. The molecule has 0 spiro atoms. The van der Waals surface area contributed by atoms with E-state index in [2.05, 4.69) is 20.6 Å². The fourth-order valence-corrected chi connectivity index (χ4v) is 3.17. The van der Waals surface area contributed by atoms with Crippen LogP contribution in [0.2, 0.25) is 0 Å². The number of anilines is 1. The van der Waals surface area contributed by atoms with Gasteiger partial charge in [-0.05, 0) is 6.07 Å². The van der Waals surface area contributed by atoms with E-state index in [-0.39, 0.29) is 23.4 Å².